The predicted molar refractivity (Wildman–Crippen MR) is 105 cm³/mol. The van der Waals surface area contributed by atoms with E-state index in [4.69, 9.17) is 4.74 Å². The summed E-state index contributed by atoms with van der Waals surface area (Å²) in [6.45, 7) is 1.53. The smallest absolute Gasteiger partial charge is 0.273 e. The van der Waals surface area contributed by atoms with Crippen molar-refractivity contribution in [1.29, 1.82) is 0 Å². The van der Waals surface area contributed by atoms with Crippen LogP contribution < -0.4 is 15.4 Å². The molecule has 2 aromatic carbocycles. The fraction of sp³-hybridized carbons (Fsp3) is 0.263. The Hall–Kier alpha value is -3.53. The Labute approximate surface area is 166 Å². The number of nitrogens with one attached hydrogen (secondary N) is 2. The number of amides is 2. The number of hydrogen-bond acceptors (Lipinski definition) is 6. The molecule has 0 saturated carbocycles. The first-order valence-corrected chi connectivity index (χ1v) is 8.60. The first-order valence-electron chi connectivity index (χ1n) is 8.60. The van der Waals surface area contributed by atoms with E-state index in [1.807, 2.05) is 0 Å². The van der Waals surface area contributed by atoms with E-state index in [2.05, 4.69) is 10.6 Å². The van der Waals surface area contributed by atoms with E-state index >= 15 is 0 Å². The quantitative estimate of drug-likeness (QED) is 0.516. The molecule has 0 aromatic heterocycles. The zero-order chi connectivity index (χ0) is 21.6. The van der Waals surface area contributed by atoms with Crippen LogP contribution >= 0.6 is 0 Å². The molecule has 1 atom stereocenters. The fourth-order valence-corrected chi connectivity index (χ4v) is 2.43. The van der Waals surface area contributed by atoms with Crippen molar-refractivity contribution in [2.45, 2.75) is 13.0 Å². The Morgan fingerprint density at radius 2 is 1.86 bits per heavy atom. The third-order valence-corrected chi connectivity index (χ3v) is 4.22. The SMILES string of the molecule is COc1cc([N+](=O)[O-])ccc1NC(=O)[C@@H](C)N(C)CC(=O)Nc1ccc(F)cc1. The lowest BCUT2D eigenvalue weighted by Crippen LogP contribution is -2.43. The van der Waals surface area contributed by atoms with E-state index in [-0.39, 0.29) is 29.6 Å². The third-order valence-electron chi connectivity index (χ3n) is 4.22. The number of nitro benzene ring substituents is 1. The van der Waals surface area contributed by atoms with Gasteiger partial charge in [-0.1, -0.05) is 0 Å². The van der Waals surface area contributed by atoms with E-state index in [1.165, 1.54) is 54.5 Å². The number of methoxy groups -OCH3 is 1. The summed E-state index contributed by atoms with van der Waals surface area (Å²) in [6, 6.07) is 8.48. The average molecular weight is 404 g/mol. The van der Waals surface area contributed by atoms with Gasteiger partial charge in [0.25, 0.3) is 5.69 Å². The van der Waals surface area contributed by atoms with Gasteiger partial charge in [0.15, 0.2) is 0 Å². The van der Waals surface area contributed by atoms with Gasteiger partial charge in [-0.25, -0.2) is 4.39 Å². The number of carbonyl (C=O) groups is 2. The average Bonchev–Trinajstić information content (AvgIpc) is 2.69. The van der Waals surface area contributed by atoms with Gasteiger partial charge >= 0.3 is 0 Å². The molecule has 0 spiro atoms. The molecule has 0 bridgehead atoms. The van der Waals surface area contributed by atoms with Crippen LogP contribution in [-0.2, 0) is 9.59 Å². The summed E-state index contributed by atoms with van der Waals surface area (Å²) in [4.78, 5) is 36.4. The molecule has 0 heterocycles. The van der Waals surface area contributed by atoms with Crippen LogP contribution in [0.25, 0.3) is 0 Å². The maximum Gasteiger partial charge on any atom is 0.273 e. The summed E-state index contributed by atoms with van der Waals surface area (Å²) < 4.78 is 18.0. The number of benzene rings is 2. The van der Waals surface area contributed by atoms with Gasteiger partial charge in [-0.3, -0.25) is 24.6 Å². The van der Waals surface area contributed by atoms with Crippen LogP contribution in [0.5, 0.6) is 5.75 Å². The Balaban J connectivity index is 1.97. The lowest BCUT2D eigenvalue weighted by molar-refractivity contribution is -0.384. The van der Waals surface area contributed by atoms with E-state index in [1.54, 1.807) is 14.0 Å². The second-order valence-corrected chi connectivity index (χ2v) is 6.28. The van der Waals surface area contributed by atoms with Crippen LogP contribution in [0, 0.1) is 15.9 Å². The molecule has 10 heteroatoms. The maximum absolute atomic E-state index is 12.9. The standard InChI is InChI=1S/C19H21FN4O5/c1-12(23(2)11-18(25)21-14-6-4-13(20)5-7-14)19(26)22-16-9-8-15(24(27)28)10-17(16)29-3/h4-10,12H,11H2,1-3H3,(H,21,25)(H,22,26)/t12-/m1/s1. The van der Waals surface area contributed by atoms with Crippen LogP contribution in [-0.4, -0.2) is 48.4 Å². The van der Waals surface area contributed by atoms with Crippen LogP contribution in [0.3, 0.4) is 0 Å². The number of ether oxygens (including phenoxy) is 1. The molecule has 29 heavy (non-hydrogen) atoms. The minimum atomic E-state index is -0.686. The number of nitrogens with zero attached hydrogens (tertiary/aromatic N) is 2. The zero-order valence-electron chi connectivity index (χ0n) is 16.1. The van der Waals surface area contributed by atoms with Crippen molar-refractivity contribution in [3.05, 3.63) is 58.4 Å². The molecule has 0 aliphatic heterocycles. The third kappa shape index (κ3) is 5.98. The molecule has 0 fully saturated rings. The summed E-state index contributed by atoms with van der Waals surface area (Å²) in [7, 11) is 2.94. The summed E-state index contributed by atoms with van der Waals surface area (Å²) in [6.07, 6.45) is 0. The molecule has 2 aromatic rings. The first-order chi connectivity index (χ1) is 13.7. The topological polar surface area (TPSA) is 114 Å². The highest BCUT2D eigenvalue weighted by atomic mass is 19.1. The van der Waals surface area contributed by atoms with Gasteiger partial charge in [-0.15, -0.1) is 0 Å². The normalized spacial score (nSPS) is 11.6. The lowest BCUT2D eigenvalue weighted by atomic mass is 10.2. The highest BCUT2D eigenvalue weighted by Crippen LogP contribution is 2.29. The minimum Gasteiger partial charge on any atom is -0.494 e. The second-order valence-electron chi connectivity index (χ2n) is 6.28. The van der Waals surface area contributed by atoms with Gasteiger partial charge in [0.1, 0.15) is 11.6 Å². The molecule has 0 aliphatic rings. The van der Waals surface area contributed by atoms with Crippen molar-refractivity contribution in [3.63, 3.8) is 0 Å². The van der Waals surface area contributed by atoms with Crippen molar-refractivity contribution in [2.75, 3.05) is 31.3 Å². The second kappa shape index (κ2) is 9.60. The number of rotatable bonds is 8. The molecule has 154 valence electrons. The summed E-state index contributed by atoms with van der Waals surface area (Å²) >= 11 is 0. The number of likely N-dealkylation sites (N-methyl/N-ethyl adjacent to an activating group) is 1. The number of anilines is 2. The van der Waals surface area contributed by atoms with Crippen LogP contribution in [0.1, 0.15) is 6.92 Å². The van der Waals surface area contributed by atoms with E-state index < -0.39 is 22.7 Å². The summed E-state index contributed by atoms with van der Waals surface area (Å²) in [5.41, 5.74) is 0.555. The van der Waals surface area contributed by atoms with Crippen molar-refractivity contribution in [3.8, 4) is 5.75 Å². The largest absolute Gasteiger partial charge is 0.494 e. The minimum absolute atomic E-state index is 0.0800. The molecule has 0 saturated heterocycles. The van der Waals surface area contributed by atoms with Gasteiger partial charge in [0, 0.05) is 11.8 Å². The molecular weight excluding hydrogens is 383 g/mol. The van der Waals surface area contributed by atoms with Gasteiger partial charge in [-0.2, -0.15) is 0 Å². The molecule has 0 aliphatic carbocycles. The molecule has 2 N–H and O–H groups in total. The summed E-state index contributed by atoms with van der Waals surface area (Å²) in [5, 5.41) is 16.1. The van der Waals surface area contributed by atoms with Crippen molar-refractivity contribution >= 4 is 28.9 Å². The molecular formula is C19H21FN4O5. The van der Waals surface area contributed by atoms with Gasteiger partial charge in [0.05, 0.1) is 36.4 Å². The van der Waals surface area contributed by atoms with E-state index in [9.17, 15) is 24.1 Å². The molecule has 0 unspecified atom stereocenters. The van der Waals surface area contributed by atoms with Crippen LogP contribution in [0.15, 0.2) is 42.5 Å². The Morgan fingerprint density at radius 1 is 1.21 bits per heavy atom. The van der Waals surface area contributed by atoms with Crippen LogP contribution in [0.2, 0.25) is 0 Å². The highest BCUT2D eigenvalue weighted by Gasteiger charge is 2.22. The molecule has 2 rings (SSSR count). The number of non-ortho nitro benzene ring substituents is 1. The lowest BCUT2D eigenvalue weighted by Gasteiger charge is -2.23. The number of halogens is 1. The first kappa shape index (κ1) is 21.8. The monoisotopic (exact) mass is 404 g/mol. The maximum atomic E-state index is 12.9. The van der Waals surface area contributed by atoms with Crippen molar-refractivity contribution in [1.82, 2.24) is 4.90 Å². The Morgan fingerprint density at radius 3 is 2.45 bits per heavy atom. The zero-order valence-corrected chi connectivity index (χ0v) is 16.1. The fourth-order valence-electron chi connectivity index (χ4n) is 2.43. The van der Waals surface area contributed by atoms with Gasteiger partial charge in [0.2, 0.25) is 11.8 Å². The van der Waals surface area contributed by atoms with E-state index in [0.29, 0.717) is 5.69 Å². The molecule has 2 amide bonds. The predicted octanol–water partition coefficient (Wildman–Crippen LogP) is 2.64. The number of carbonyl (C=O) groups excluding carboxylic acids is 2. The summed E-state index contributed by atoms with van der Waals surface area (Å²) in [5.74, 6) is -1.05. The van der Waals surface area contributed by atoms with Gasteiger partial charge < -0.3 is 15.4 Å². The van der Waals surface area contributed by atoms with Crippen molar-refractivity contribution in [2.24, 2.45) is 0 Å². The highest BCUT2D eigenvalue weighted by molar-refractivity contribution is 5.97. The van der Waals surface area contributed by atoms with Crippen LogP contribution in [0.4, 0.5) is 21.5 Å². The number of nitro groups is 1. The molecule has 9 nitrogen and oxygen atoms in total. The Bertz CT molecular complexity index is 904. The Kier molecular flexibility index (Phi) is 7.21. The van der Waals surface area contributed by atoms with Crippen molar-refractivity contribution < 1.29 is 23.6 Å². The molecule has 0 radical (unpaired) electrons. The number of hydrogen-bond donors (Lipinski definition) is 2. The van der Waals surface area contributed by atoms with E-state index in [0.717, 1.165) is 0 Å². The van der Waals surface area contributed by atoms with Gasteiger partial charge in [-0.05, 0) is 44.3 Å².